The fourth-order valence-corrected chi connectivity index (χ4v) is 3.52. The highest BCUT2D eigenvalue weighted by Crippen LogP contribution is 2.13. The zero-order valence-corrected chi connectivity index (χ0v) is 12.8. The van der Waals surface area contributed by atoms with Crippen LogP contribution in [0.15, 0.2) is 0 Å². The Morgan fingerprint density at radius 1 is 1.22 bits per heavy atom. The SMILES string of the molecule is CC(C)C(C)N(C)S(=O)(=O)CCN1CCNCC1. The van der Waals surface area contributed by atoms with Crippen molar-refractivity contribution in [1.82, 2.24) is 14.5 Å². The first-order valence-electron chi connectivity index (χ1n) is 6.73. The highest BCUT2D eigenvalue weighted by molar-refractivity contribution is 7.89. The molecule has 0 aromatic heterocycles. The minimum atomic E-state index is -3.13. The van der Waals surface area contributed by atoms with E-state index in [4.69, 9.17) is 0 Å². The molecule has 0 aromatic rings. The Morgan fingerprint density at radius 3 is 2.28 bits per heavy atom. The number of rotatable bonds is 6. The summed E-state index contributed by atoms with van der Waals surface area (Å²) in [5.41, 5.74) is 0. The van der Waals surface area contributed by atoms with Gasteiger partial charge in [-0.1, -0.05) is 13.8 Å². The lowest BCUT2D eigenvalue weighted by atomic mass is 10.1. The van der Waals surface area contributed by atoms with E-state index < -0.39 is 10.0 Å². The monoisotopic (exact) mass is 277 g/mol. The third-order valence-corrected chi connectivity index (χ3v) is 5.76. The van der Waals surface area contributed by atoms with Crippen molar-refractivity contribution in [1.29, 1.82) is 0 Å². The van der Waals surface area contributed by atoms with E-state index in [0.717, 1.165) is 26.2 Å². The highest BCUT2D eigenvalue weighted by atomic mass is 32.2. The Labute approximate surface area is 112 Å². The molecule has 0 radical (unpaired) electrons. The van der Waals surface area contributed by atoms with Crippen LogP contribution in [-0.2, 0) is 10.0 Å². The van der Waals surface area contributed by atoms with E-state index in [-0.39, 0.29) is 11.8 Å². The molecule has 0 saturated carbocycles. The molecule has 5 nitrogen and oxygen atoms in total. The predicted octanol–water partition coefficient (Wildman–Crippen LogP) is 0.198. The van der Waals surface area contributed by atoms with Gasteiger partial charge in [0.2, 0.25) is 10.0 Å². The smallest absolute Gasteiger partial charge is 0.215 e. The molecule has 0 aromatic carbocycles. The lowest BCUT2D eigenvalue weighted by Crippen LogP contribution is -2.47. The standard InChI is InChI=1S/C12H27N3O2S/c1-11(2)12(3)14(4)18(16,17)10-9-15-7-5-13-6-8-15/h11-13H,5-10H2,1-4H3. The first-order valence-corrected chi connectivity index (χ1v) is 8.34. The molecule has 1 N–H and O–H groups in total. The molecule has 1 heterocycles. The second kappa shape index (κ2) is 6.84. The number of piperazine rings is 1. The van der Waals surface area contributed by atoms with Gasteiger partial charge in [0.05, 0.1) is 5.75 Å². The van der Waals surface area contributed by atoms with Crippen molar-refractivity contribution in [3.8, 4) is 0 Å². The lowest BCUT2D eigenvalue weighted by Gasteiger charge is -2.30. The van der Waals surface area contributed by atoms with Crippen LogP contribution in [0, 0.1) is 5.92 Å². The molecule has 1 aliphatic rings. The fourth-order valence-electron chi connectivity index (χ4n) is 2.00. The van der Waals surface area contributed by atoms with E-state index >= 15 is 0 Å². The quantitative estimate of drug-likeness (QED) is 0.753. The Hall–Kier alpha value is -0.170. The maximum atomic E-state index is 12.2. The van der Waals surface area contributed by atoms with Gasteiger partial charge in [0.25, 0.3) is 0 Å². The first kappa shape index (κ1) is 15.9. The van der Waals surface area contributed by atoms with Crippen molar-refractivity contribution in [2.24, 2.45) is 5.92 Å². The molecule has 6 heteroatoms. The molecule has 18 heavy (non-hydrogen) atoms. The molecule has 0 aliphatic carbocycles. The minimum Gasteiger partial charge on any atom is -0.314 e. The summed E-state index contributed by atoms with van der Waals surface area (Å²) in [6.07, 6.45) is 0. The van der Waals surface area contributed by atoms with Crippen LogP contribution in [0.3, 0.4) is 0 Å². The van der Waals surface area contributed by atoms with E-state index in [1.807, 2.05) is 20.8 Å². The van der Waals surface area contributed by atoms with Crippen molar-refractivity contribution in [2.45, 2.75) is 26.8 Å². The summed E-state index contributed by atoms with van der Waals surface area (Å²) in [7, 11) is -1.44. The van der Waals surface area contributed by atoms with Gasteiger partial charge in [-0.3, -0.25) is 4.90 Å². The molecule has 1 rings (SSSR count). The average molecular weight is 277 g/mol. The molecule has 0 bridgehead atoms. The molecular formula is C12H27N3O2S. The van der Waals surface area contributed by atoms with E-state index in [1.165, 1.54) is 4.31 Å². The van der Waals surface area contributed by atoms with Gasteiger partial charge in [-0.15, -0.1) is 0 Å². The molecule has 1 saturated heterocycles. The summed E-state index contributed by atoms with van der Waals surface area (Å²) in [5.74, 6) is 0.560. The fraction of sp³-hybridized carbons (Fsp3) is 1.00. The second-order valence-electron chi connectivity index (χ2n) is 5.41. The number of hydrogen-bond donors (Lipinski definition) is 1. The summed E-state index contributed by atoms with van der Waals surface area (Å²) < 4.78 is 25.9. The van der Waals surface area contributed by atoms with Crippen LogP contribution < -0.4 is 5.32 Å². The third kappa shape index (κ3) is 4.50. The number of nitrogens with zero attached hydrogens (tertiary/aromatic N) is 2. The zero-order valence-electron chi connectivity index (χ0n) is 12.0. The first-order chi connectivity index (χ1) is 8.34. The maximum absolute atomic E-state index is 12.2. The number of hydrogen-bond acceptors (Lipinski definition) is 4. The highest BCUT2D eigenvalue weighted by Gasteiger charge is 2.25. The van der Waals surface area contributed by atoms with Crippen molar-refractivity contribution in [2.75, 3.05) is 45.5 Å². The molecule has 1 aliphatic heterocycles. The topological polar surface area (TPSA) is 52.7 Å². The van der Waals surface area contributed by atoms with Crippen LogP contribution in [0.25, 0.3) is 0 Å². The molecule has 108 valence electrons. The predicted molar refractivity (Wildman–Crippen MR) is 75.2 cm³/mol. The zero-order chi connectivity index (χ0) is 13.8. The van der Waals surface area contributed by atoms with E-state index in [0.29, 0.717) is 12.5 Å². The normalized spacial score (nSPS) is 20.6. The van der Waals surface area contributed by atoms with Crippen molar-refractivity contribution >= 4 is 10.0 Å². The van der Waals surface area contributed by atoms with Crippen LogP contribution in [0.4, 0.5) is 0 Å². The molecule has 0 spiro atoms. The molecule has 1 atom stereocenters. The summed E-state index contributed by atoms with van der Waals surface area (Å²) in [5, 5.41) is 3.27. The summed E-state index contributed by atoms with van der Waals surface area (Å²) >= 11 is 0. The summed E-state index contributed by atoms with van der Waals surface area (Å²) in [6.45, 7) is 10.5. The van der Waals surface area contributed by atoms with Crippen molar-refractivity contribution < 1.29 is 8.42 Å². The van der Waals surface area contributed by atoms with Gasteiger partial charge in [-0.05, 0) is 12.8 Å². The number of sulfonamides is 1. The third-order valence-electron chi connectivity index (χ3n) is 3.85. The van der Waals surface area contributed by atoms with Crippen molar-refractivity contribution in [3.63, 3.8) is 0 Å². The van der Waals surface area contributed by atoms with E-state index in [2.05, 4.69) is 10.2 Å². The Balaban J connectivity index is 2.48. The van der Waals surface area contributed by atoms with Crippen molar-refractivity contribution in [3.05, 3.63) is 0 Å². The van der Waals surface area contributed by atoms with Gasteiger partial charge >= 0.3 is 0 Å². The van der Waals surface area contributed by atoms with Crippen LogP contribution in [0.2, 0.25) is 0 Å². The van der Waals surface area contributed by atoms with Crippen LogP contribution in [0.1, 0.15) is 20.8 Å². The maximum Gasteiger partial charge on any atom is 0.215 e. The van der Waals surface area contributed by atoms with Gasteiger partial charge in [0, 0.05) is 45.8 Å². The Kier molecular flexibility index (Phi) is 6.04. The largest absolute Gasteiger partial charge is 0.314 e. The van der Waals surface area contributed by atoms with Crippen LogP contribution >= 0.6 is 0 Å². The molecular weight excluding hydrogens is 250 g/mol. The second-order valence-corrected chi connectivity index (χ2v) is 7.56. The van der Waals surface area contributed by atoms with Gasteiger partial charge < -0.3 is 5.32 Å². The van der Waals surface area contributed by atoms with E-state index in [9.17, 15) is 8.42 Å². The number of nitrogens with one attached hydrogen (secondary N) is 1. The van der Waals surface area contributed by atoms with Gasteiger partial charge in [-0.25, -0.2) is 12.7 Å². The van der Waals surface area contributed by atoms with Crippen LogP contribution in [0.5, 0.6) is 0 Å². The lowest BCUT2D eigenvalue weighted by molar-refractivity contribution is 0.250. The Morgan fingerprint density at radius 2 is 1.78 bits per heavy atom. The average Bonchev–Trinajstić information content (AvgIpc) is 2.35. The molecule has 1 unspecified atom stereocenters. The summed E-state index contributed by atoms with van der Waals surface area (Å²) in [6, 6.07) is 0.0537. The van der Waals surface area contributed by atoms with Gasteiger partial charge in [0.15, 0.2) is 0 Å². The van der Waals surface area contributed by atoms with Gasteiger partial charge in [-0.2, -0.15) is 0 Å². The molecule has 1 fully saturated rings. The summed E-state index contributed by atoms with van der Waals surface area (Å²) in [4.78, 5) is 2.21. The van der Waals surface area contributed by atoms with Crippen LogP contribution in [-0.4, -0.2) is 69.2 Å². The van der Waals surface area contributed by atoms with E-state index in [1.54, 1.807) is 7.05 Å². The minimum absolute atomic E-state index is 0.0537. The van der Waals surface area contributed by atoms with Gasteiger partial charge in [0.1, 0.15) is 0 Å². The Bertz CT molecular complexity index is 337. The molecule has 0 amide bonds.